The maximum atomic E-state index is 13.4. The van der Waals surface area contributed by atoms with E-state index in [1.54, 1.807) is 7.11 Å². The van der Waals surface area contributed by atoms with Gasteiger partial charge in [0.25, 0.3) is 11.8 Å². The molecular weight excluding hydrogens is 404 g/mol. The van der Waals surface area contributed by atoms with Crippen LogP contribution in [0.4, 0.5) is 0 Å². The number of likely N-dealkylation sites (tertiary alicyclic amines) is 1. The summed E-state index contributed by atoms with van der Waals surface area (Å²) in [7, 11) is 1.61. The Balaban J connectivity index is 1.56. The molecule has 4 rings (SSSR count). The van der Waals surface area contributed by atoms with Crippen molar-refractivity contribution < 1.29 is 19.1 Å². The maximum absolute atomic E-state index is 13.4. The summed E-state index contributed by atoms with van der Waals surface area (Å²) in [4.78, 5) is 30.2. The van der Waals surface area contributed by atoms with Crippen molar-refractivity contribution in [3.63, 3.8) is 0 Å². The van der Waals surface area contributed by atoms with Crippen LogP contribution in [0.15, 0.2) is 48.2 Å². The van der Waals surface area contributed by atoms with Crippen molar-refractivity contribution in [1.82, 2.24) is 9.80 Å². The number of amides is 2. The first-order valence-electron chi connectivity index (χ1n) is 11.2. The molecule has 1 saturated heterocycles. The Bertz CT molecular complexity index is 1020. The molecule has 2 aromatic rings. The zero-order chi connectivity index (χ0) is 22.7. The van der Waals surface area contributed by atoms with E-state index in [-0.39, 0.29) is 25.0 Å². The van der Waals surface area contributed by atoms with Gasteiger partial charge in [-0.15, -0.1) is 0 Å². The number of carbonyl (C=O) groups is 2. The second kappa shape index (κ2) is 9.47. The van der Waals surface area contributed by atoms with Gasteiger partial charge in [-0.2, -0.15) is 0 Å². The van der Waals surface area contributed by atoms with E-state index in [9.17, 15) is 9.59 Å². The molecule has 0 atom stereocenters. The van der Waals surface area contributed by atoms with Gasteiger partial charge >= 0.3 is 0 Å². The lowest BCUT2D eigenvalue weighted by Gasteiger charge is -2.29. The second-order valence-electron chi connectivity index (χ2n) is 8.43. The van der Waals surface area contributed by atoms with Crippen LogP contribution in [-0.2, 0) is 9.59 Å². The van der Waals surface area contributed by atoms with Gasteiger partial charge in [0.05, 0.1) is 19.2 Å². The number of piperidine rings is 1. The Morgan fingerprint density at radius 3 is 2.12 bits per heavy atom. The number of benzene rings is 2. The van der Waals surface area contributed by atoms with E-state index in [0.717, 1.165) is 54.8 Å². The van der Waals surface area contributed by atoms with Crippen LogP contribution in [-0.4, -0.2) is 55.0 Å². The average Bonchev–Trinajstić information content (AvgIpc) is 3.04. The summed E-state index contributed by atoms with van der Waals surface area (Å²) in [6.45, 7) is 6.08. The lowest BCUT2D eigenvalue weighted by Crippen LogP contribution is -2.39. The predicted octanol–water partition coefficient (Wildman–Crippen LogP) is 3.96. The first kappa shape index (κ1) is 21.9. The van der Waals surface area contributed by atoms with Crippen LogP contribution in [0.3, 0.4) is 0 Å². The highest BCUT2D eigenvalue weighted by atomic mass is 16.5. The Labute approximate surface area is 189 Å². The van der Waals surface area contributed by atoms with Crippen LogP contribution in [0.5, 0.6) is 11.5 Å². The monoisotopic (exact) mass is 434 g/mol. The number of rotatable bonds is 7. The highest BCUT2D eigenvalue weighted by molar-refractivity contribution is 6.35. The zero-order valence-corrected chi connectivity index (χ0v) is 19.0. The summed E-state index contributed by atoms with van der Waals surface area (Å²) >= 11 is 0. The number of imide groups is 1. The van der Waals surface area contributed by atoms with Crippen LogP contribution in [0.25, 0.3) is 5.57 Å². The lowest BCUT2D eigenvalue weighted by molar-refractivity contribution is -0.138. The van der Waals surface area contributed by atoms with E-state index in [2.05, 4.69) is 11.0 Å². The molecule has 2 aliphatic rings. The maximum Gasteiger partial charge on any atom is 0.277 e. The summed E-state index contributed by atoms with van der Waals surface area (Å²) in [5.41, 5.74) is 3.97. The van der Waals surface area contributed by atoms with Crippen LogP contribution in [0.2, 0.25) is 0 Å². The standard InChI is InChI=1S/C26H30N2O4/c1-18-15-19(2)17-22(16-18)32-14-13-28-25(29)23(20-7-9-21(31-3)10-8-20)24(26(28)30)27-11-5-4-6-12-27/h7-10,15-17H,4-6,11-14H2,1-3H3. The van der Waals surface area contributed by atoms with Gasteiger partial charge in [-0.25, -0.2) is 0 Å². The molecule has 0 radical (unpaired) electrons. The first-order valence-corrected chi connectivity index (χ1v) is 11.2. The molecule has 2 aromatic carbocycles. The normalized spacial score (nSPS) is 16.7. The van der Waals surface area contributed by atoms with E-state index >= 15 is 0 Å². The number of ether oxygens (including phenoxy) is 2. The Kier molecular flexibility index (Phi) is 6.49. The van der Waals surface area contributed by atoms with Gasteiger partial charge in [0.15, 0.2) is 0 Å². The SMILES string of the molecule is COc1ccc(C2=C(N3CCCCC3)C(=O)N(CCOc3cc(C)cc(C)c3)C2=O)cc1. The molecule has 0 saturated carbocycles. The fourth-order valence-corrected chi connectivity index (χ4v) is 4.47. The van der Waals surface area contributed by atoms with Crippen molar-refractivity contribution in [2.75, 3.05) is 33.4 Å². The van der Waals surface area contributed by atoms with Crippen molar-refractivity contribution in [2.45, 2.75) is 33.1 Å². The summed E-state index contributed by atoms with van der Waals surface area (Å²) in [5, 5.41) is 0. The highest BCUT2D eigenvalue weighted by Gasteiger charge is 2.41. The summed E-state index contributed by atoms with van der Waals surface area (Å²) in [6.07, 6.45) is 3.20. The molecular formula is C26H30N2O4. The summed E-state index contributed by atoms with van der Waals surface area (Å²) < 4.78 is 11.1. The zero-order valence-electron chi connectivity index (χ0n) is 19.0. The van der Waals surface area contributed by atoms with Crippen LogP contribution in [0, 0.1) is 13.8 Å². The molecule has 0 spiro atoms. The molecule has 2 amide bonds. The Hall–Kier alpha value is -3.28. The van der Waals surface area contributed by atoms with Crippen molar-refractivity contribution in [3.05, 3.63) is 64.9 Å². The molecule has 168 valence electrons. The van der Waals surface area contributed by atoms with E-state index in [1.807, 2.05) is 50.2 Å². The van der Waals surface area contributed by atoms with Gasteiger partial charge in [-0.3, -0.25) is 14.5 Å². The predicted molar refractivity (Wildman–Crippen MR) is 123 cm³/mol. The van der Waals surface area contributed by atoms with Gasteiger partial charge in [0.1, 0.15) is 23.8 Å². The lowest BCUT2D eigenvalue weighted by atomic mass is 10.0. The van der Waals surface area contributed by atoms with E-state index in [4.69, 9.17) is 9.47 Å². The minimum absolute atomic E-state index is 0.210. The van der Waals surface area contributed by atoms with Crippen molar-refractivity contribution in [1.29, 1.82) is 0 Å². The fraction of sp³-hybridized carbons (Fsp3) is 0.385. The van der Waals surface area contributed by atoms with Gasteiger partial charge in [0.2, 0.25) is 0 Å². The molecule has 0 N–H and O–H groups in total. The molecule has 2 aliphatic heterocycles. The molecule has 0 unspecified atom stereocenters. The van der Waals surface area contributed by atoms with Gasteiger partial charge in [-0.05, 0) is 74.1 Å². The van der Waals surface area contributed by atoms with E-state index in [1.165, 1.54) is 4.90 Å². The molecule has 32 heavy (non-hydrogen) atoms. The van der Waals surface area contributed by atoms with Crippen LogP contribution >= 0.6 is 0 Å². The molecule has 1 fully saturated rings. The third kappa shape index (κ3) is 4.49. The quantitative estimate of drug-likeness (QED) is 0.618. The third-order valence-electron chi connectivity index (χ3n) is 5.97. The van der Waals surface area contributed by atoms with Gasteiger partial charge in [-0.1, -0.05) is 18.2 Å². The van der Waals surface area contributed by atoms with Crippen LogP contribution in [0.1, 0.15) is 36.0 Å². The molecule has 2 heterocycles. The fourth-order valence-electron chi connectivity index (χ4n) is 4.47. The van der Waals surface area contributed by atoms with Gasteiger partial charge < -0.3 is 14.4 Å². The average molecular weight is 435 g/mol. The number of hydrogen-bond donors (Lipinski definition) is 0. The van der Waals surface area contributed by atoms with Crippen molar-refractivity contribution >= 4 is 17.4 Å². The summed E-state index contributed by atoms with van der Waals surface area (Å²) in [6, 6.07) is 13.3. The summed E-state index contributed by atoms with van der Waals surface area (Å²) in [5.74, 6) is 0.974. The number of hydrogen-bond acceptors (Lipinski definition) is 5. The van der Waals surface area contributed by atoms with Crippen LogP contribution < -0.4 is 9.47 Å². The van der Waals surface area contributed by atoms with Gasteiger partial charge in [0, 0.05) is 13.1 Å². The molecule has 0 aromatic heterocycles. The Morgan fingerprint density at radius 1 is 0.844 bits per heavy atom. The van der Waals surface area contributed by atoms with E-state index < -0.39 is 0 Å². The number of nitrogens with zero attached hydrogens (tertiary/aromatic N) is 2. The Morgan fingerprint density at radius 2 is 1.50 bits per heavy atom. The molecule has 6 nitrogen and oxygen atoms in total. The van der Waals surface area contributed by atoms with Crippen molar-refractivity contribution in [3.8, 4) is 11.5 Å². The first-order chi connectivity index (χ1) is 15.5. The second-order valence-corrected chi connectivity index (χ2v) is 8.43. The molecule has 0 aliphatic carbocycles. The smallest absolute Gasteiger partial charge is 0.277 e. The largest absolute Gasteiger partial charge is 0.497 e. The van der Waals surface area contributed by atoms with Crippen molar-refractivity contribution in [2.24, 2.45) is 0 Å². The number of aryl methyl sites for hydroxylation is 2. The minimum Gasteiger partial charge on any atom is -0.497 e. The molecule has 6 heteroatoms. The number of methoxy groups -OCH3 is 1. The topological polar surface area (TPSA) is 59.1 Å². The highest BCUT2D eigenvalue weighted by Crippen LogP contribution is 2.33. The number of carbonyl (C=O) groups excluding carboxylic acids is 2. The molecule has 0 bridgehead atoms. The minimum atomic E-state index is -0.259. The third-order valence-corrected chi connectivity index (χ3v) is 5.97. The van der Waals surface area contributed by atoms with E-state index in [0.29, 0.717) is 17.0 Å².